The number of anilines is 1. The van der Waals surface area contributed by atoms with Gasteiger partial charge in [0.15, 0.2) is 11.9 Å². The lowest BCUT2D eigenvalue weighted by molar-refractivity contribution is -0.0502. The molecule has 0 bridgehead atoms. The van der Waals surface area contributed by atoms with Crippen molar-refractivity contribution in [3.8, 4) is 0 Å². The average molecular weight is 491 g/mol. The minimum Gasteiger partial charge on any atom is -0.390 e. The van der Waals surface area contributed by atoms with E-state index in [0.717, 1.165) is 0 Å². The summed E-state index contributed by atoms with van der Waals surface area (Å²) in [5, 5.41) is 43.8. The van der Waals surface area contributed by atoms with E-state index in [9.17, 15) is 29.8 Å². The summed E-state index contributed by atoms with van der Waals surface area (Å²) < 4.78 is 22.2. The van der Waals surface area contributed by atoms with Crippen LogP contribution in [-0.4, -0.2) is 87.9 Å². The summed E-state index contributed by atoms with van der Waals surface area (Å²) in [6, 6.07) is -0.399. The number of rotatable bonds is 7. The first-order valence-corrected chi connectivity index (χ1v) is 11.7. The minimum atomic E-state index is -4.83. The Morgan fingerprint density at radius 3 is 2.61 bits per heavy atom. The van der Waals surface area contributed by atoms with Gasteiger partial charge >= 0.3 is 7.82 Å². The van der Waals surface area contributed by atoms with Gasteiger partial charge in [-0.25, -0.2) is 4.57 Å². The van der Waals surface area contributed by atoms with Crippen LogP contribution in [0, 0.1) is 0 Å². The average Bonchev–Trinajstić information content (AvgIpc) is 3.34. The van der Waals surface area contributed by atoms with Crippen molar-refractivity contribution in [2.75, 3.05) is 12.3 Å². The molecule has 0 amide bonds. The summed E-state index contributed by atoms with van der Waals surface area (Å²) >= 11 is 0. The Balaban J connectivity index is 1.64. The van der Waals surface area contributed by atoms with Crippen LogP contribution in [0.5, 0.6) is 0 Å². The molecule has 2 fully saturated rings. The van der Waals surface area contributed by atoms with E-state index in [1.165, 1.54) is 10.8 Å². The minimum absolute atomic E-state index is 0.0489. The Bertz CT molecular complexity index is 1120. The van der Waals surface area contributed by atoms with E-state index in [1.54, 1.807) is 0 Å². The van der Waals surface area contributed by atoms with Gasteiger partial charge in [0.25, 0.3) is 5.56 Å². The van der Waals surface area contributed by atoms with Crippen LogP contribution in [0.3, 0.4) is 0 Å². The van der Waals surface area contributed by atoms with E-state index in [4.69, 9.17) is 20.3 Å². The number of hydrogen-bond acceptors (Lipinski definition) is 11. The topological polar surface area (TPSA) is 246 Å². The molecule has 0 radical (unpaired) electrons. The predicted molar refractivity (Wildman–Crippen MR) is 111 cm³/mol. The monoisotopic (exact) mass is 491 g/mol. The van der Waals surface area contributed by atoms with E-state index in [2.05, 4.69) is 19.8 Å². The van der Waals surface area contributed by atoms with Crippen molar-refractivity contribution < 1.29 is 44.0 Å². The summed E-state index contributed by atoms with van der Waals surface area (Å²) in [4.78, 5) is 36.9. The number of nitrogens with two attached hydrogens (primary N) is 1. The number of ether oxygens (including phenoxy) is 1. The second kappa shape index (κ2) is 9.03. The molecule has 7 atom stereocenters. The lowest BCUT2D eigenvalue weighted by Crippen LogP contribution is -2.39. The zero-order chi connectivity index (χ0) is 24.1. The largest absolute Gasteiger partial charge is 0.469 e. The molecule has 10 N–H and O–H groups in total. The van der Waals surface area contributed by atoms with Crippen molar-refractivity contribution >= 4 is 24.8 Å². The number of fused-ring (bicyclic) bond motifs is 1. The maximum absolute atomic E-state index is 12.6. The van der Waals surface area contributed by atoms with Crippen LogP contribution in [0.1, 0.15) is 24.6 Å². The molecule has 1 aliphatic heterocycles. The molecule has 1 saturated carbocycles. The number of nitrogen functional groups attached to an aromatic ring is 1. The van der Waals surface area contributed by atoms with Crippen LogP contribution in [0.2, 0.25) is 0 Å². The molecular formula is C17H26N5O10P. The predicted octanol–water partition coefficient (Wildman–Crippen LogP) is -2.99. The van der Waals surface area contributed by atoms with Crippen LogP contribution in [0.25, 0.3) is 11.0 Å². The molecule has 2 aromatic heterocycles. The first-order chi connectivity index (χ1) is 15.5. The Morgan fingerprint density at radius 1 is 1.24 bits per heavy atom. The number of hydrogen-bond donors (Lipinski definition) is 9. The van der Waals surface area contributed by atoms with Gasteiger partial charge in [0.2, 0.25) is 5.95 Å². The van der Waals surface area contributed by atoms with Crippen molar-refractivity contribution in [2.45, 2.75) is 62.2 Å². The highest BCUT2D eigenvalue weighted by molar-refractivity contribution is 7.46. The lowest BCUT2D eigenvalue weighted by Gasteiger charge is -2.18. The number of phosphoric acid groups is 1. The fourth-order valence-corrected chi connectivity index (χ4v) is 4.61. The quantitative estimate of drug-likeness (QED) is 0.176. The number of aromatic amines is 1. The summed E-state index contributed by atoms with van der Waals surface area (Å²) in [6.07, 6.45) is -5.02. The van der Waals surface area contributed by atoms with Crippen LogP contribution in [-0.2, 0) is 20.4 Å². The number of nitrogens with zero attached hydrogens (tertiary/aromatic N) is 2. The highest BCUT2D eigenvalue weighted by Crippen LogP contribution is 2.39. The zero-order valence-corrected chi connectivity index (χ0v) is 18.1. The van der Waals surface area contributed by atoms with Crippen LogP contribution >= 0.6 is 7.82 Å². The highest BCUT2D eigenvalue weighted by atomic mass is 31.2. The highest BCUT2D eigenvalue weighted by Gasteiger charge is 2.45. The normalized spacial score (nSPS) is 32.7. The third-order valence-corrected chi connectivity index (χ3v) is 6.42. The van der Waals surface area contributed by atoms with E-state index in [0.29, 0.717) is 18.4 Å². The molecule has 16 heteroatoms. The van der Waals surface area contributed by atoms with Crippen molar-refractivity contribution in [3.63, 3.8) is 0 Å². The maximum Gasteiger partial charge on any atom is 0.469 e. The first kappa shape index (κ1) is 24.2. The summed E-state index contributed by atoms with van der Waals surface area (Å²) in [5.74, 6) is -0.199. The zero-order valence-electron chi connectivity index (χ0n) is 17.2. The Labute approximate surface area is 186 Å². The van der Waals surface area contributed by atoms with E-state index >= 15 is 0 Å². The molecule has 7 unspecified atom stereocenters. The number of nitrogens with one attached hydrogen (secondary N) is 2. The van der Waals surface area contributed by atoms with Crippen molar-refractivity contribution in [3.05, 3.63) is 22.1 Å². The number of H-pyrrole nitrogens is 1. The van der Waals surface area contributed by atoms with Gasteiger partial charge in [-0.05, 0) is 18.4 Å². The Kier molecular flexibility index (Phi) is 6.63. The van der Waals surface area contributed by atoms with Gasteiger partial charge < -0.3 is 50.6 Å². The summed E-state index contributed by atoms with van der Waals surface area (Å²) in [6.45, 7) is -0.590. The molecule has 2 aliphatic rings. The fourth-order valence-electron chi connectivity index (χ4n) is 4.27. The molecule has 2 aromatic rings. The smallest absolute Gasteiger partial charge is 0.390 e. The molecule has 0 aromatic carbocycles. The van der Waals surface area contributed by atoms with Crippen LogP contribution in [0.15, 0.2) is 11.0 Å². The SMILES string of the molecule is Nc1nc2c(c(CNC3CCC(O)C3O)cn2C2OC(COP(=O)(O)O)C(O)C2O)c(=O)[nH]1. The molecular weight excluding hydrogens is 465 g/mol. The van der Waals surface area contributed by atoms with Crippen molar-refractivity contribution in [1.82, 2.24) is 19.9 Å². The molecule has 15 nitrogen and oxygen atoms in total. The molecule has 4 rings (SSSR count). The van der Waals surface area contributed by atoms with E-state index < -0.39 is 62.8 Å². The second-order valence-corrected chi connectivity index (χ2v) is 9.41. The van der Waals surface area contributed by atoms with E-state index in [-0.39, 0.29) is 23.5 Å². The maximum atomic E-state index is 12.6. The number of aliphatic hydroxyl groups is 4. The summed E-state index contributed by atoms with van der Waals surface area (Å²) in [5.41, 5.74) is 5.59. The molecule has 33 heavy (non-hydrogen) atoms. The van der Waals surface area contributed by atoms with Gasteiger partial charge in [0.1, 0.15) is 18.3 Å². The van der Waals surface area contributed by atoms with Gasteiger partial charge in [-0.15, -0.1) is 0 Å². The lowest BCUT2D eigenvalue weighted by atomic mass is 10.1. The number of aliphatic hydroxyl groups excluding tert-OH is 4. The van der Waals surface area contributed by atoms with Gasteiger partial charge in [-0.2, -0.15) is 4.98 Å². The van der Waals surface area contributed by atoms with Gasteiger partial charge in [-0.1, -0.05) is 0 Å². The molecule has 0 spiro atoms. The second-order valence-electron chi connectivity index (χ2n) is 8.17. The summed E-state index contributed by atoms with van der Waals surface area (Å²) in [7, 11) is -4.83. The van der Waals surface area contributed by atoms with Gasteiger partial charge in [0.05, 0.1) is 24.2 Å². The number of aromatic nitrogens is 3. The fraction of sp³-hybridized carbons (Fsp3) is 0.647. The standard InChI is InChI=1S/C17H26N5O10P/c18-17-20-14-10(15(27)21-17)6(3-19-7-1-2-8(23)11(7)24)4-22(14)16-13(26)12(25)9(32-16)5-31-33(28,29)30/h4,7-9,11-13,16,19,23-26H,1-3,5H2,(H2,28,29,30)(H3,18,20,21,27). The van der Waals surface area contributed by atoms with Gasteiger partial charge in [0, 0.05) is 18.8 Å². The number of phosphoric ester groups is 1. The third kappa shape index (κ3) is 4.83. The van der Waals surface area contributed by atoms with Crippen molar-refractivity contribution in [1.29, 1.82) is 0 Å². The molecule has 3 heterocycles. The third-order valence-electron chi connectivity index (χ3n) is 5.93. The Morgan fingerprint density at radius 2 is 1.97 bits per heavy atom. The molecule has 1 saturated heterocycles. The first-order valence-electron chi connectivity index (χ1n) is 10.2. The van der Waals surface area contributed by atoms with Crippen LogP contribution < -0.4 is 16.6 Å². The van der Waals surface area contributed by atoms with Crippen LogP contribution in [0.4, 0.5) is 5.95 Å². The van der Waals surface area contributed by atoms with Gasteiger partial charge in [-0.3, -0.25) is 14.3 Å². The molecule has 184 valence electrons. The van der Waals surface area contributed by atoms with Crippen molar-refractivity contribution in [2.24, 2.45) is 0 Å². The molecule has 1 aliphatic carbocycles. The van der Waals surface area contributed by atoms with E-state index in [1.807, 2.05) is 0 Å². The Hall–Kier alpha value is -1.91.